The third kappa shape index (κ3) is 8.99. The Balaban J connectivity index is 1.49. The molecule has 0 bridgehead atoms. The van der Waals surface area contributed by atoms with Crippen LogP contribution >= 0.6 is 0 Å². The molecule has 4 rings (SSSR count). The Morgan fingerprint density at radius 1 is 0.396 bits per heavy atom. The van der Waals surface area contributed by atoms with Crippen molar-refractivity contribution in [1.82, 2.24) is 0 Å². The van der Waals surface area contributed by atoms with Gasteiger partial charge in [-0.25, -0.2) is 0 Å². The van der Waals surface area contributed by atoms with Crippen LogP contribution in [0.25, 0.3) is 0 Å². The molecular formula is C37H28F6O5. The molecule has 2 unspecified atom stereocenters. The number of carbonyl (C=O) groups excluding carboxylic acids is 5. The molecule has 48 heavy (non-hydrogen) atoms. The quantitative estimate of drug-likeness (QED) is 0.0991. The summed E-state index contributed by atoms with van der Waals surface area (Å²) in [4.78, 5) is 62.9. The summed E-state index contributed by atoms with van der Waals surface area (Å²) in [6.07, 6.45) is -11.7. The summed E-state index contributed by atoms with van der Waals surface area (Å²) < 4.78 is 85.4. The molecule has 0 heterocycles. The van der Waals surface area contributed by atoms with E-state index in [4.69, 9.17) is 0 Å². The third-order valence-corrected chi connectivity index (χ3v) is 7.71. The topological polar surface area (TPSA) is 85.3 Å². The molecule has 0 spiro atoms. The fourth-order valence-electron chi connectivity index (χ4n) is 5.20. The number of ketones is 5. The maximum atomic E-state index is 14.2. The van der Waals surface area contributed by atoms with Crippen molar-refractivity contribution < 1.29 is 50.3 Å². The number of benzene rings is 4. The fraction of sp³-hybridized carbons (Fsp3) is 0.216. The lowest BCUT2D eigenvalue weighted by molar-refractivity contribution is -0.183. The van der Waals surface area contributed by atoms with Crippen molar-refractivity contribution >= 4 is 28.9 Å². The molecule has 2 atom stereocenters. The maximum Gasteiger partial charge on any atom is 0.402 e. The second-order valence-electron chi connectivity index (χ2n) is 11.0. The van der Waals surface area contributed by atoms with E-state index in [0.29, 0.717) is 11.1 Å². The van der Waals surface area contributed by atoms with Crippen LogP contribution in [0, 0.1) is 0 Å². The molecule has 248 valence electrons. The Hall–Kier alpha value is -5.19. The van der Waals surface area contributed by atoms with Gasteiger partial charge in [0.05, 0.1) is 0 Å². The molecule has 11 heteroatoms. The van der Waals surface area contributed by atoms with E-state index >= 15 is 0 Å². The molecule has 0 aromatic heterocycles. The number of halogens is 6. The first-order valence-electron chi connectivity index (χ1n) is 14.8. The molecule has 0 amide bonds. The van der Waals surface area contributed by atoms with Crippen molar-refractivity contribution in [2.24, 2.45) is 0 Å². The first kappa shape index (κ1) is 35.7. The van der Waals surface area contributed by atoms with Gasteiger partial charge in [0.2, 0.25) is 0 Å². The van der Waals surface area contributed by atoms with Crippen molar-refractivity contribution in [3.8, 4) is 0 Å². The minimum absolute atomic E-state index is 0.0777. The van der Waals surface area contributed by atoms with E-state index < -0.39 is 52.7 Å². The Labute approximate surface area is 271 Å². The summed E-state index contributed by atoms with van der Waals surface area (Å²) in [5.41, 5.74) is -0.995. The molecule has 0 aliphatic carbocycles. The van der Waals surface area contributed by atoms with Gasteiger partial charge < -0.3 is 0 Å². The third-order valence-electron chi connectivity index (χ3n) is 7.71. The number of hydrogen-bond donors (Lipinski definition) is 0. The van der Waals surface area contributed by atoms with Gasteiger partial charge in [-0.2, -0.15) is 26.3 Å². The highest BCUT2D eigenvalue weighted by molar-refractivity contribution is 6.03. The van der Waals surface area contributed by atoms with Gasteiger partial charge in [-0.3, -0.25) is 24.0 Å². The summed E-state index contributed by atoms with van der Waals surface area (Å²) in [6.45, 7) is 0. The van der Waals surface area contributed by atoms with Crippen LogP contribution < -0.4 is 0 Å². The summed E-state index contributed by atoms with van der Waals surface area (Å²) >= 11 is 0. The second kappa shape index (κ2) is 15.1. The molecule has 4 aromatic carbocycles. The number of hydrogen-bond acceptors (Lipinski definition) is 5. The van der Waals surface area contributed by atoms with Gasteiger partial charge in [0, 0.05) is 47.9 Å². The highest BCUT2D eigenvalue weighted by atomic mass is 19.4. The van der Waals surface area contributed by atoms with Gasteiger partial charge in [-0.15, -0.1) is 0 Å². The zero-order chi connectivity index (χ0) is 35.1. The Kier molecular flexibility index (Phi) is 11.3. The monoisotopic (exact) mass is 666 g/mol. The summed E-state index contributed by atoms with van der Waals surface area (Å²) in [7, 11) is 0. The Morgan fingerprint density at radius 2 is 0.646 bits per heavy atom. The van der Waals surface area contributed by atoms with Crippen LogP contribution in [0.4, 0.5) is 26.3 Å². The van der Waals surface area contributed by atoms with Crippen LogP contribution in [-0.4, -0.2) is 41.3 Å². The van der Waals surface area contributed by atoms with Crippen LogP contribution in [0.1, 0.15) is 90.1 Å². The van der Waals surface area contributed by atoms with Crippen LogP contribution in [0.15, 0.2) is 109 Å². The number of carbonyl (C=O) groups is 5. The molecule has 0 saturated heterocycles. The molecule has 0 radical (unpaired) electrons. The van der Waals surface area contributed by atoms with Gasteiger partial charge in [-0.05, 0) is 11.1 Å². The number of Topliss-reactive ketones (excluding diaryl/α,β-unsaturated/α-hetero) is 5. The molecule has 4 aromatic rings. The Morgan fingerprint density at radius 3 is 0.896 bits per heavy atom. The molecule has 0 saturated carbocycles. The zero-order valence-electron chi connectivity index (χ0n) is 25.2. The van der Waals surface area contributed by atoms with Gasteiger partial charge >= 0.3 is 12.4 Å². The average molecular weight is 667 g/mol. The zero-order valence-corrected chi connectivity index (χ0v) is 25.2. The summed E-state index contributed by atoms with van der Waals surface area (Å²) in [5, 5.41) is 0. The number of rotatable bonds is 14. The molecule has 0 N–H and O–H groups in total. The number of alkyl halides is 6. The summed E-state index contributed by atoms with van der Waals surface area (Å²) in [6, 6.07) is 23.2. The van der Waals surface area contributed by atoms with E-state index in [1.807, 2.05) is 0 Å². The molecule has 0 fully saturated rings. The molecule has 5 nitrogen and oxygen atoms in total. The van der Waals surface area contributed by atoms with E-state index in [9.17, 15) is 50.3 Å². The largest absolute Gasteiger partial charge is 0.402 e. The van der Waals surface area contributed by atoms with Crippen LogP contribution in [-0.2, 0) is 4.79 Å². The average Bonchev–Trinajstić information content (AvgIpc) is 3.06. The highest BCUT2D eigenvalue weighted by Gasteiger charge is 2.55. The van der Waals surface area contributed by atoms with Crippen molar-refractivity contribution in [3.63, 3.8) is 0 Å². The van der Waals surface area contributed by atoms with E-state index in [-0.39, 0.29) is 48.4 Å². The normalized spacial score (nSPS) is 13.0. The van der Waals surface area contributed by atoms with Gasteiger partial charge in [-0.1, -0.05) is 109 Å². The minimum Gasteiger partial charge on any atom is -0.298 e. The van der Waals surface area contributed by atoms with Crippen molar-refractivity contribution in [3.05, 3.63) is 143 Å². The SMILES string of the molecule is O=C(CCC(=O)c1ccc(C(C(=O)C(c2ccc(C(=O)CCC(=O)c3ccccc3)cc2)C(F)(F)F)C(F)(F)F)cc1)c1ccccc1. The van der Waals surface area contributed by atoms with Gasteiger partial charge in [0.25, 0.3) is 0 Å². The van der Waals surface area contributed by atoms with Crippen LogP contribution in [0.5, 0.6) is 0 Å². The minimum atomic E-state index is -5.42. The van der Waals surface area contributed by atoms with E-state index in [2.05, 4.69) is 0 Å². The van der Waals surface area contributed by atoms with Crippen molar-refractivity contribution in [2.75, 3.05) is 0 Å². The lowest BCUT2D eigenvalue weighted by Gasteiger charge is -2.26. The Bertz CT molecular complexity index is 1630. The fourth-order valence-corrected chi connectivity index (χ4v) is 5.20. The lowest BCUT2D eigenvalue weighted by Crippen LogP contribution is -2.38. The molecular weight excluding hydrogens is 638 g/mol. The maximum absolute atomic E-state index is 14.2. The van der Waals surface area contributed by atoms with E-state index in [1.165, 1.54) is 0 Å². The van der Waals surface area contributed by atoms with Gasteiger partial charge in [0.15, 0.2) is 28.9 Å². The second-order valence-corrected chi connectivity index (χ2v) is 11.0. The van der Waals surface area contributed by atoms with Gasteiger partial charge in [0.1, 0.15) is 11.8 Å². The smallest absolute Gasteiger partial charge is 0.298 e. The summed E-state index contributed by atoms with van der Waals surface area (Å²) in [5.74, 6) is -10.3. The van der Waals surface area contributed by atoms with Crippen molar-refractivity contribution in [2.45, 2.75) is 49.9 Å². The molecule has 0 aliphatic rings. The highest BCUT2D eigenvalue weighted by Crippen LogP contribution is 2.45. The van der Waals surface area contributed by atoms with Crippen LogP contribution in [0.3, 0.4) is 0 Å². The first-order valence-corrected chi connectivity index (χ1v) is 14.8. The van der Waals surface area contributed by atoms with Crippen LogP contribution in [0.2, 0.25) is 0 Å². The molecule has 0 aliphatic heterocycles. The predicted octanol–water partition coefficient (Wildman–Crippen LogP) is 8.94. The van der Waals surface area contributed by atoms with E-state index in [1.54, 1.807) is 60.7 Å². The predicted molar refractivity (Wildman–Crippen MR) is 164 cm³/mol. The van der Waals surface area contributed by atoms with Crippen molar-refractivity contribution in [1.29, 1.82) is 0 Å². The standard InChI is InChI=1S/C37H28F6O5/c38-36(39,40)33(27-15-11-25(12-16-27)31(46)21-19-29(44)23-7-3-1-4-8-23)35(48)34(37(41,42)43)28-17-13-26(14-18-28)32(47)22-20-30(45)24-9-5-2-6-10-24/h1-18,33-34H,19-22H2. The lowest BCUT2D eigenvalue weighted by atomic mass is 9.82. The first-order chi connectivity index (χ1) is 22.7. The van der Waals surface area contributed by atoms with E-state index in [0.717, 1.165) is 48.5 Å².